The SMILES string of the molecule is COC(=O)N1CCC(Nc2ccc([N+](=O)[O-])c(C)c2)CC1. The molecule has 1 fully saturated rings. The Balaban J connectivity index is 1.93. The molecule has 7 nitrogen and oxygen atoms in total. The molecule has 2 rings (SSSR count). The minimum absolute atomic E-state index is 0.126. The van der Waals surface area contributed by atoms with Crippen molar-refractivity contribution in [3.63, 3.8) is 0 Å². The number of methoxy groups -OCH3 is 1. The van der Waals surface area contributed by atoms with E-state index in [1.807, 2.05) is 0 Å². The second-order valence-electron chi connectivity index (χ2n) is 5.13. The first-order chi connectivity index (χ1) is 10.0. The lowest BCUT2D eigenvalue weighted by Gasteiger charge is -2.31. The van der Waals surface area contributed by atoms with Gasteiger partial charge in [0.1, 0.15) is 0 Å². The van der Waals surface area contributed by atoms with Crippen molar-refractivity contribution in [2.45, 2.75) is 25.8 Å². The van der Waals surface area contributed by atoms with E-state index in [2.05, 4.69) is 5.32 Å². The summed E-state index contributed by atoms with van der Waals surface area (Å²) in [4.78, 5) is 23.5. The molecular weight excluding hydrogens is 274 g/mol. The van der Waals surface area contributed by atoms with Crippen molar-refractivity contribution >= 4 is 17.5 Å². The van der Waals surface area contributed by atoms with E-state index in [0.717, 1.165) is 18.5 Å². The lowest BCUT2D eigenvalue weighted by atomic mass is 10.0. The second-order valence-corrected chi connectivity index (χ2v) is 5.13. The minimum atomic E-state index is -0.381. The van der Waals surface area contributed by atoms with Gasteiger partial charge in [-0.15, -0.1) is 0 Å². The number of ether oxygens (including phenoxy) is 1. The van der Waals surface area contributed by atoms with Crippen LogP contribution in [0, 0.1) is 17.0 Å². The predicted octanol–water partition coefficient (Wildman–Crippen LogP) is 2.55. The number of amides is 1. The highest BCUT2D eigenvalue weighted by molar-refractivity contribution is 5.67. The van der Waals surface area contributed by atoms with Crippen LogP contribution in [0.3, 0.4) is 0 Å². The third-order valence-corrected chi connectivity index (χ3v) is 3.69. The number of benzene rings is 1. The van der Waals surface area contributed by atoms with E-state index in [1.54, 1.807) is 24.0 Å². The monoisotopic (exact) mass is 293 g/mol. The molecule has 0 unspecified atom stereocenters. The standard InChI is InChI=1S/C14H19N3O4/c1-10-9-12(3-4-13(10)17(19)20)15-11-5-7-16(8-6-11)14(18)21-2/h3-4,9,11,15H,5-8H2,1-2H3. The molecule has 1 saturated heterocycles. The van der Waals surface area contributed by atoms with Gasteiger partial charge in [-0.2, -0.15) is 0 Å². The van der Waals surface area contributed by atoms with Crippen LogP contribution >= 0.6 is 0 Å². The van der Waals surface area contributed by atoms with Crippen LogP contribution in [0.5, 0.6) is 0 Å². The maximum Gasteiger partial charge on any atom is 0.409 e. The fourth-order valence-electron chi connectivity index (χ4n) is 2.52. The Morgan fingerprint density at radius 1 is 1.43 bits per heavy atom. The molecular formula is C14H19N3O4. The number of aryl methyl sites for hydroxylation is 1. The van der Waals surface area contributed by atoms with Crippen LogP contribution in [0.15, 0.2) is 18.2 Å². The smallest absolute Gasteiger partial charge is 0.409 e. The number of nitrogens with one attached hydrogen (secondary N) is 1. The molecule has 1 aliphatic rings. The predicted molar refractivity (Wildman–Crippen MR) is 78.5 cm³/mol. The highest BCUT2D eigenvalue weighted by atomic mass is 16.6. The Morgan fingerprint density at radius 3 is 2.62 bits per heavy atom. The van der Waals surface area contributed by atoms with Gasteiger partial charge in [0.25, 0.3) is 5.69 Å². The molecule has 0 radical (unpaired) electrons. The normalized spacial score (nSPS) is 15.6. The molecule has 1 aromatic rings. The lowest BCUT2D eigenvalue weighted by Crippen LogP contribution is -2.42. The summed E-state index contributed by atoms with van der Waals surface area (Å²) in [6.07, 6.45) is 1.36. The van der Waals surface area contributed by atoms with Crippen LogP contribution in [0.1, 0.15) is 18.4 Å². The zero-order chi connectivity index (χ0) is 15.4. The Kier molecular flexibility index (Phi) is 4.62. The van der Waals surface area contributed by atoms with Crippen molar-refractivity contribution in [1.82, 2.24) is 4.90 Å². The van der Waals surface area contributed by atoms with Crippen LogP contribution < -0.4 is 5.32 Å². The zero-order valence-electron chi connectivity index (χ0n) is 12.2. The zero-order valence-corrected chi connectivity index (χ0v) is 12.2. The number of hydrogen-bond donors (Lipinski definition) is 1. The number of rotatable bonds is 3. The molecule has 1 aromatic carbocycles. The number of likely N-dealkylation sites (tertiary alicyclic amines) is 1. The van der Waals surface area contributed by atoms with E-state index in [4.69, 9.17) is 4.74 Å². The summed E-state index contributed by atoms with van der Waals surface area (Å²) < 4.78 is 4.70. The molecule has 1 aliphatic heterocycles. The third-order valence-electron chi connectivity index (χ3n) is 3.69. The van der Waals surface area contributed by atoms with E-state index in [-0.39, 0.29) is 22.7 Å². The van der Waals surface area contributed by atoms with Crippen molar-refractivity contribution in [1.29, 1.82) is 0 Å². The highest BCUT2D eigenvalue weighted by Crippen LogP contribution is 2.23. The van der Waals surface area contributed by atoms with Crippen LogP contribution in [0.25, 0.3) is 0 Å². The molecule has 1 heterocycles. The van der Waals surface area contributed by atoms with Gasteiger partial charge in [-0.1, -0.05) is 0 Å². The third kappa shape index (κ3) is 3.62. The van der Waals surface area contributed by atoms with E-state index in [0.29, 0.717) is 18.7 Å². The highest BCUT2D eigenvalue weighted by Gasteiger charge is 2.23. The van der Waals surface area contributed by atoms with Crippen molar-refractivity contribution < 1.29 is 14.5 Å². The van der Waals surface area contributed by atoms with Gasteiger partial charge in [0.15, 0.2) is 0 Å². The van der Waals surface area contributed by atoms with Gasteiger partial charge >= 0.3 is 6.09 Å². The maximum atomic E-state index is 11.4. The molecule has 0 saturated carbocycles. The summed E-state index contributed by atoms with van der Waals surface area (Å²) in [5.41, 5.74) is 1.63. The summed E-state index contributed by atoms with van der Waals surface area (Å²) >= 11 is 0. The Hall–Kier alpha value is -2.31. The largest absolute Gasteiger partial charge is 0.453 e. The van der Waals surface area contributed by atoms with Crippen LogP contribution in [0.2, 0.25) is 0 Å². The molecule has 21 heavy (non-hydrogen) atoms. The van der Waals surface area contributed by atoms with E-state index in [9.17, 15) is 14.9 Å². The first-order valence-corrected chi connectivity index (χ1v) is 6.85. The summed E-state index contributed by atoms with van der Waals surface area (Å²) in [6, 6.07) is 5.27. The quantitative estimate of drug-likeness (QED) is 0.684. The van der Waals surface area contributed by atoms with Crippen molar-refractivity contribution in [3.8, 4) is 0 Å². The summed E-state index contributed by atoms with van der Waals surface area (Å²) in [6.45, 7) is 3.02. The number of anilines is 1. The second kappa shape index (κ2) is 6.43. The number of piperidine rings is 1. The maximum absolute atomic E-state index is 11.4. The summed E-state index contributed by atoms with van der Waals surface area (Å²) in [7, 11) is 1.38. The molecule has 0 atom stereocenters. The van der Waals surface area contributed by atoms with Gasteiger partial charge < -0.3 is 15.0 Å². The topological polar surface area (TPSA) is 84.7 Å². The van der Waals surface area contributed by atoms with Crippen LogP contribution in [-0.2, 0) is 4.74 Å². The van der Waals surface area contributed by atoms with Gasteiger partial charge in [-0.3, -0.25) is 10.1 Å². The van der Waals surface area contributed by atoms with Gasteiger partial charge in [-0.25, -0.2) is 4.79 Å². The first kappa shape index (κ1) is 15.1. The molecule has 7 heteroatoms. The number of nitro benzene ring substituents is 1. The van der Waals surface area contributed by atoms with Crippen LogP contribution in [-0.4, -0.2) is 42.2 Å². The molecule has 114 valence electrons. The fourth-order valence-corrected chi connectivity index (χ4v) is 2.52. The Labute approximate surface area is 123 Å². The fraction of sp³-hybridized carbons (Fsp3) is 0.500. The number of hydrogen-bond acceptors (Lipinski definition) is 5. The molecule has 1 amide bonds. The van der Waals surface area contributed by atoms with Crippen molar-refractivity contribution in [3.05, 3.63) is 33.9 Å². The van der Waals surface area contributed by atoms with Crippen LogP contribution in [0.4, 0.5) is 16.2 Å². The van der Waals surface area contributed by atoms with E-state index < -0.39 is 0 Å². The molecule has 0 bridgehead atoms. The average molecular weight is 293 g/mol. The number of carbonyl (C=O) groups is 1. The van der Waals surface area contributed by atoms with Crippen molar-refractivity contribution in [2.75, 3.05) is 25.5 Å². The van der Waals surface area contributed by atoms with Gasteiger partial charge in [0.05, 0.1) is 12.0 Å². The molecule has 0 aromatic heterocycles. The average Bonchev–Trinajstić information content (AvgIpc) is 2.47. The number of carbonyl (C=O) groups excluding carboxylic acids is 1. The van der Waals surface area contributed by atoms with Gasteiger partial charge in [0.2, 0.25) is 0 Å². The van der Waals surface area contributed by atoms with Gasteiger partial charge in [-0.05, 0) is 31.9 Å². The van der Waals surface area contributed by atoms with Crippen molar-refractivity contribution in [2.24, 2.45) is 0 Å². The Bertz CT molecular complexity index is 539. The molecule has 1 N–H and O–H groups in total. The summed E-state index contributed by atoms with van der Waals surface area (Å²) in [5, 5.41) is 14.2. The molecule has 0 aliphatic carbocycles. The number of nitrogens with zero attached hydrogens (tertiary/aromatic N) is 2. The van der Waals surface area contributed by atoms with Gasteiger partial charge in [0, 0.05) is 36.4 Å². The van der Waals surface area contributed by atoms with E-state index >= 15 is 0 Å². The molecule has 0 spiro atoms. The minimum Gasteiger partial charge on any atom is -0.453 e. The summed E-state index contributed by atoms with van der Waals surface area (Å²) in [5.74, 6) is 0. The van der Waals surface area contributed by atoms with E-state index in [1.165, 1.54) is 13.2 Å². The Morgan fingerprint density at radius 2 is 2.10 bits per heavy atom. The first-order valence-electron chi connectivity index (χ1n) is 6.85. The lowest BCUT2D eigenvalue weighted by molar-refractivity contribution is -0.385. The number of nitro groups is 1.